The van der Waals surface area contributed by atoms with Crippen LogP contribution < -0.4 is 4.74 Å². The number of alkyl halides is 6. The van der Waals surface area contributed by atoms with E-state index in [1.54, 1.807) is 0 Å². The van der Waals surface area contributed by atoms with E-state index in [4.69, 9.17) is 32.8 Å². The Morgan fingerprint density at radius 2 is 1.32 bits per heavy atom. The quantitative estimate of drug-likeness (QED) is 0.162. The highest BCUT2D eigenvalue weighted by Crippen LogP contribution is 2.48. The zero-order valence-electron chi connectivity index (χ0n) is 19.8. The molecule has 6 radical (unpaired) electrons. The summed E-state index contributed by atoms with van der Waals surface area (Å²) in [6.07, 6.45) is -13.3. The van der Waals surface area contributed by atoms with E-state index < -0.39 is 57.6 Å². The summed E-state index contributed by atoms with van der Waals surface area (Å²) >= 11 is 0. The molecule has 1 fully saturated rings. The predicted octanol–water partition coefficient (Wildman–Crippen LogP) is 2.70. The minimum Gasteiger partial charge on any atom is -0.438 e. The Labute approximate surface area is 219 Å². The van der Waals surface area contributed by atoms with Gasteiger partial charge in [0.2, 0.25) is 0 Å². The van der Waals surface area contributed by atoms with E-state index >= 15 is 0 Å². The van der Waals surface area contributed by atoms with Gasteiger partial charge >= 0.3 is 29.9 Å². The van der Waals surface area contributed by atoms with Crippen molar-refractivity contribution in [2.24, 2.45) is 11.8 Å². The van der Waals surface area contributed by atoms with Crippen molar-refractivity contribution in [2.75, 3.05) is 5.75 Å². The van der Waals surface area contributed by atoms with Crippen molar-refractivity contribution in [1.82, 2.24) is 0 Å². The van der Waals surface area contributed by atoms with E-state index in [1.165, 1.54) is 12.1 Å². The topological polar surface area (TPSA) is 107 Å². The van der Waals surface area contributed by atoms with Crippen LogP contribution in [0, 0.1) is 11.8 Å². The molecule has 2 unspecified atom stereocenters. The fourth-order valence-electron chi connectivity index (χ4n) is 4.22. The lowest BCUT2D eigenvalue weighted by molar-refractivity contribution is -0.362. The SMILES string of the molecule is [B]Cc1cc(C[B])c(OC(=O)C2CCCCC2C(=O)OC(CS(=O)(=O)O)(C(F)(F)F)C(F)(F)F)c(C[B])c1. The van der Waals surface area contributed by atoms with Gasteiger partial charge in [0.1, 0.15) is 11.5 Å². The number of carbonyl (C=O) groups excluding carboxylic acids is 2. The molecule has 1 aliphatic carbocycles. The van der Waals surface area contributed by atoms with E-state index in [1.807, 2.05) is 0 Å². The zero-order chi connectivity index (χ0) is 29.1. The second-order valence-electron chi connectivity index (χ2n) is 8.74. The summed E-state index contributed by atoms with van der Waals surface area (Å²) in [5.41, 5.74) is -4.40. The summed E-state index contributed by atoms with van der Waals surface area (Å²) in [6, 6.07) is 3.04. The summed E-state index contributed by atoms with van der Waals surface area (Å²) in [5.74, 6) is -9.76. The van der Waals surface area contributed by atoms with Crippen LogP contribution >= 0.6 is 0 Å². The van der Waals surface area contributed by atoms with Gasteiger partial charge in [-0.3, -0.25) is 14.1 Å². The van der Waals surface area contributed by atoms with E-state index in [0.717, 1.165) is 0 Å². The van der Waals surface area contributed by atoms with Crippen LogP contribution in [0.5, 0.6) is 5.75 Å². The number of benzene rings is 1. The summed E-state index contributed by atoms with van der Waals surface area (Å²) in [7, 11) is 11.1. The Hall–Kier alpha value is -2.16. The molecule has 1 N–H and O–H groups in total. The van der Waals surface area contributed by atoms with Gasteiger partial charge < -0.3 is 9.47 Å². The maximum absolute atomic E-state index is 13.6. The molecule has 0 heterocycles. The van der Waals surface area contributed by atoms with Gasteiger partial charge in [0, 0.05) is 0 Å². The standard InChI is InChI=1S/C21H21B3F6O7S/c22-7-11-5-12(8-23)16(13(6-11)9-24)36-17(31)14-3-1-2-4-15(14)18(32)37-19(20(25,26)27,21(28,29)30)10-38(33,34)35/h5-6,14-15H,1-4,7-10H2,(H,33,34,35). The van der Waals surface area contributed by atoms with Gasteiger partial charge in [0.15, 0.2) is 0 Å². The number of hydrogen-bond donors (Lipinski definition) is 1. The number of hydrogen-bond acceptors (Lipinski definition) is 6. The highest BCUT2D eigenvalue weighted by atomic mass is 32.2. The van der Waals surface area contributed by atoms with Gasteiger partial charge in [-0.25, -0.2) is 0 Å². The molecule has 2 rings (SSSR count). The third-order valence-electron chi connectivity index (χ3n) is 6.13. The van der Waals surface area contributed by atoms with Crippen LogP contribution in [0.2, 0.25) is 0 Å². The van der Waals surface area contributed by atoms with Crippen LogP contribution in [0.3, 0.4) is 0 Å². The highest BCUT2D eigenvalue weighted by Gasteiger charge is 2.76. The number of ether oxygens (including phenoxy) is 2. The normalized spacial score (nSPS) is 19.1. The van der Waals surface area contributed by atoms with Gasteiger partial charge in [-0.15, -0.1) is 0 Å². The van der Waals surface area contributed by atoms with Crippen molar-refractivity contribution < 1.29 is 58.4 Å². The smallest absolute Gasteiger partial charge is 0.438 e. The Bertz CT molecular complexity index is 1100. The third kappa shape index (κ3) is 7.07. The molecular formula is C21H21B3F6O7S. The molecule has 204 valence electrons. The first-order valence-corrected chi connectivity index (χ1v) is 12.8. The molecule has 0 aliphatic heterocycles. The summed E-state index contributed by atoms with van der Waals surface area (Å²) in [6.45, 7) is 0. The van der Waals surface area contributed by atoms with Gasteiger partial charge in [0.05, 0.1) is 35.4 Å². The Balaban J connectivity index is 2.45. The lowest BCUT2D eigenvalue weighted by atomic mass is 9.79. The maximum Gasteiger partial charge on any atom is 0.438 e. The van der Waals surface area contributed by atoms with Crippen LogP contribution in [0.1, 0.15) is 42.4 Å². The maximum atomic E-state index is 13.6. The van der Waals surface area contributed by atoms with E-state index in [0.29, 0.717) is 5.56 Å². The van der Waals surface area contributed by atoms with Crippen LogP contribution in [-0.2, 0) is 43.4 Å². The second kappa shape index (κ2) is 11.9. The molecule has 0 spiro atoms. The first kappa shape index (κ1) is 32.1. The Morgan fingerprint density at radius 3 is 1.68 bits per heavy atom. The van der Waals surface area contributed by atoms with Gasteiger partial charge in [-0.1, -0.05) is 49.5 Å². The molecule has 0 amide bonds. The molecule has 0 bridgehead atoms. The largest absolute Gasteiger partial charge is 0.438 e. The van der Waals surface area contributed by atoms with Crippen molar-refractivity contribution in [3.05, 3.63) is 28.8 Å². The van der Waals surface area contributed by atoms with E-state index in [-0.39, 0.29) is 61.5 Å². The molecule has 7 nitrogen and oxygen atoms in total. The molecule has 2 atom stereocenters. The molecule has 1 aromatic rings. The Kier molecular flexibility index (Phi) is 10.1. The van der Waals surface area contributed by atoms with Gasteiger partial charge in [-0.2, -0.15) is 34.8 Å². The summed E-state index contributed by atoms with van der Waals surface area (Å²) in [4.78, 5) is 25.8. The van der Waals surface area contributed by atoms with Crippen LogP contribution in [0.4, 0.5) is 26.3 Å². The number of rotatable bonds is 9. The zero-order valence-corrected chi connectivity index (χ0v) is 20.6. The molecule has 1 saturated carbocycles. The first-order valence-electron chi connectivity index (χ1n) is 11.2. The monoisotopic (exact) mass is 564 g/mol. The molecule has 17 heteroatoms. The van der Waals surface area contributed by atoms with Gasteiger partial charge in [0.25, 0.3) is 10.1 Å². The van der Waals surface area contributed by atoms with Crippen molar-refractivity contribution >= 4 is 45.6 Å². The van der Waals surface area contributed by atoms with Crippen LogP contribution in [0.15, 0.2) is 12.1 Å². The van der Waals surface area contributed by atoms with Crippen molar-refractivity contribution in [2.45, 2.75) is 62.6 Å². The molecule has 0 aromatic heterocycles. The Morgan fingerprint density at radius 1 is 0.868 bits per heavy atom. The first-order chi connectivity index (χ1) is 17.4. The second-order valence-corrected chi connectivity index (χ2v) is 10.2. The number of carbonyl (C=O) groups is 2. The summed E-state index contributed by atoms with van der Waals surface area (Å²) < 4.78 is 122. The molecular weight excluding hydrogens is 543 g/mol. The molecule has 38 heavy (non-hydrogen) atoms. The third-order valence-corrected chi connectivity index (χ3v) is 6.90. The average Bonchev–Trinajstić information content (AvgIpc) is 2.81. The molecule has 1 aromatic carbocycles. The van der Waals surface area contributed by atoms with Crippen molar-refractivity contribution in [3.63, 3.8) is 0 Å². The fraction of sp³-hybridized carbons (Fsp3) is 0.619. The van der Waals surface area contributed by atoms with Crippen LogP contribution in [-0.4, -0.2) is 72.2 Å². The number of esters is 2. The lowest BCUT2D eigenvalue weighted by Crippen LogP contribution is -2.64. The van der Waals surface area contributed by atoms with Crippen molar-refractivity contribution in [3.8, 4) is 5.75 Å². The molecule has 1 aliphatic rings. The minimum atomic E-state index is -6.49. The van der Waals surface area contributed by atoms with Crippen LogP contribution in [0.25, 0.3) is 0 Å². The average molecular weight is 564 g/mol. The van der Waals surface area contributed by atoms with E-state index in [2.05, 4.69) is 4.74 Å². The predicted molar refractivity (Wildman–Crippen MR) is 123 cm³/mol. The lowest BCUT2D eigenvalue weighted by Gasteiger charge is -2.37. The number of halogens is 6. The highest BCUT2D eigenvalue weighted by molar-refractivity contribution is 7.85. The summed E-state index contributed by atoms with van der Waals surface area (Å²) in [5, 5.41) is 0. The minimum absolute atomic E-state index is 0.0822. The van der Waals surface area contributed by atoms with Crippen molar-refractivity contribution in [1.29, 1.82) is 0 Å². The van der Waals surface area contributed by atoms with Gasteiger partial charge in [-0.05, 0) is 24.0 Å². The van der Waals surface area contributed by atoms with E-state index in [9.17, 15) is 44.3 Å². The fourth-order valence-corrected chi connectivity index (χ4v) is 5.12. The molecule has 0 saturated heterocycles.